The van der Waals surface area contributed by atoms with Gasteiger partial charge in [-0.2, -0.15) is 0 Å². The number of likely N-dealkylation sites (tertiary alicyclic amines) is 1. The van der Waals surface area contributed by atoms with Gasteiger partial charge >= 0.3 is 6.03 Å². The first-order chi connectivity index (χ1) is 14.3. The van der Waals surface area contributed by atoms with E-state index in [1.54, 1.807) is 21.9 Å². The number of aryl methyl sites for hydroxylation is 1. The number of urea groups is 1. The SMILES string of the molecule is Cc1ccc(F)c(C(=O)N2CCC3(CC2)C(=O)N(C)C(=O)N3Cc2ccccc2)c1. The molecule has 0 aromatic heterocycles. The lowest BCUT2D eigenvalue weighted by molar-refractivity contribution is -0.134. The van der Waals surface area contributed by atoms with E-state index in [9.17, 15) is 18.8 Å². The van der Waals surface area contributed by atoms with Gasteiger partial charge in [-0.3, -0.25) is 14.5 Å². The summed E-state index contributed by atoms with van der Waals surface area (Å²) in [6, 6.07) is 13.7. The Bertz CT molecular complexity index is 1000. The van der Waals surface area contributed by atoms with E-state index in [0.717, 1.165) is 11.1 Å². The Balaban J connectivity index is 1.56. The van der Waals surface area contributed by atoms with E-state index in [4.69, 9.17) is 0 Å². The van der Waals surface area contributed by atoms with Gasteiger partial charge in [0, 0.05) is 26.7 Å². The van der Waals surface area contributed by atoms with Crippen LogP contribution in [0, 0.1) is 12.7 Å². The van der Waals surface area contributed by atoms with Gasteiger partial charge in [0.1, 0.15) is 11.4 Å². The molecule has 0 radical (unpaired) electrons. The lowest BCUT2D eigenvalue weighted by Crippen LogP contribution is -2.57. The van der Waals surface area contributed by atoms with Crippen LogP contribution in [-0.2, 0) is 11.3 Å². The van der Waals surface area contributed by atoms with Crippen molar-refractivity contribution < 1.29 is 18.8 Å². The number of hydrogen-bond donors (Lipinski definition) is 0. The molecule has 156 valence electrons. The van der Waals surface area contributed by atoms with Gasteiger partial charge < -0.3 is 9.80 Å². The monoisotopic (exact) mass is 409 g/mol. The maximum atomic E-state index is 14.2. The second-order valence-electron chi connectivity index (χ2n) is 8.03. The molecule has 2 saturated heterocycles. The minimum atomic E-state index is -0.969. The van der Waals surface area contributed by atoms with Crippen molar-refractivity contribution in [1.82, 2.24) is 14.7 Å². The lowest BCUT2D eigenvalue weighted by Gasteiger charge is -2.42. The second kappa shape index (κ2) is 7.55. The highest BCUT2D eigenvalue weighted by Gasteiger charge is 2.57. The number of halogens is 1. The van der Waals surface area contributed by atoms with E-state index in [1.807, 2.05) is 37.3 Å². The van der Waals surface area contributed by atoms with Crippen LogP contribution < -0.4 is 0 Å². The van der Waals surface area contributed by atoms with Crippen LogP contribution in [0.4, 0.5) is 9.18 Å². The van der Waals surface area contributed by atoms with Gasteiger partial charge in [0.15, 0.2) is 0 Å². The van der Waals surface area contributed by atoms with E-state index in [0.29, 0.717) is 19.4 Å². The molecular formula is C23H24FN3O3. The summed E-state index contributed by atoms with van der Waals surface area (Å²) in [6.45, 7) is 2.70. The Labute approximate surface area is 174 Å². The molecule has 2 aliphatic heterocycles. The second-order valence-corrected chi connectivity index (χ2v) is 8.03. The number of nitrogens with zero attached hydrogens (tertiary/aromatic N) is 3. The van der Waals surface area contributed by atoms with Crippen LogP contribution >= 0.6 is 0 Å². The van der Waals surface area contributed by atoms with Crippen molar-refractivity contribution in [3.63, 3.8) is 0 Å². The molecule has 0 unspecified atom stereocenters. The van der Waals surface area contributed by atoms with Crippen molar-refractivity contribution in [2.75, 3.05) is 20.1 Å². The number of piperidine rings is 1. The number of carbonyl (C=O) groups is 3. The van der Waals surface area contributed by atoms with E-state index in [-0.39, 0.29) is 36.5 Å². The van der Waals surface area contributed by atoms with Gasteiger partial charge in [-0.15, -0.1) is 0 Å². The number of hydrogen-bond acceptors (Lipinski definition) is 3. The van der Waals surface area contributed by atoms with Gasteiger partial charge in [0.05, 0.1) is 5.56 Å². The van der Waals surface area contributed by atoms with Crippen LogP contribution in [0.1, 0.15) is 34.3 Å². The average molecular weight is 409 g/mol. The smallest absolute Gasteiger partial charge is 0.327 e. The molecule has 0 aliphatic carbocycles. The van der Waals surface area contributed by atoms with Crippen molar-refractivity contribution in [2.45, 2.75) is 31.8 Å². The van der Waals surface area contributed by atoms with Crippen molar-refractivity contribution in [3.8, 4) is 0 Å². The van der Waals surface area contributed by atoms with Gasteiger partial charge in [-0.1, -0.05) is 42.0 Å². The van der Waals surface area contributed by atoms with Crippen LogP contribution in [0.3, 0.4) is 0 Å². The lowest BCUT2D eigenvalue weighted by atomic mass is 9.85. The number of likely N-dealkylation sites (N-methyl/N-ethyl adjacent to an activating group) is 1. The zero-order chi connectivity index (χ0) is 21.5. The van der Waals surface area contributed by atoms with Crippen LogP contribution in [0.2, 0.25) is 0 Å². The van der Waals surface area contributed by atoms with Crippen LogP contribution in [0.15, 0.2) is 48.5 Å². The minimum absolute atomic E-state index is 0.0398. The van der Waals surface area contributed by atoms with E-state index < -0.39 is 11.4 Å². The molecule has 1 spiro atoms. The van der Waals surface area contributed by atoms with Crippen LogP contribution in [-0.4, -0.2) is 58.2 Å². The summed E-state index contributed by atoms with van der Waals surface area (Å²) in [6.07, 6.45) is 0.655. The van der Waals surface area contributed by atoms with Crippen molar-refractivity contribution in [2.24, 2.45) is 0 Å². The number of amides is 4. The first kappa shape index (κ1) is 20.1. The molecule has 0 bridgehead atoms. The summed E-state index contributed by atoms with van der Waals surface area (Å²) in [4.78, 5) is 43.1. The van der Waals surface area contributed by atoms with Crippen molar-refractivity contribution in [3.05, 3.63) is 71.0 Å². The summed E-state index contributed by atoms with van der Waals surface area (Å²) < 4.78 is 14.2. The molecule has 2 aliphatic rings. The molecular weight excluding hydrogens is 385 g/mol. The predicted octanol–water partition coefficient (Wildman–Crippen LogP) is 3.20. The summed E-state index contributed by atoms with van der Waals surface area (Å²) in [5.74, 6) is -1.17. The molecule has 2 fully saturated rings. The topological polar surface area (TPSA) is 60.9 Å². The van der Waals surface area contributed by atoms with Crippen molar-refractivity contribution >= 4 is 17.8 Å². The molecule has 0 atom stereocenters. The molecule has 7 heteroatoms. The van der Waals surface area contributed by atoms with Crippen molar-refractivity contribution in [1.29, 1.82) is 0 Å². The van der Waals surface area contributed by atoms with Gasteiger partial charge in [-0.25, -0.2) is 9.18 Å². The minimum Gasteiger partial charge on any atom is -0.338 e. The maximum Gasteiger partial charge on any atom is 0.327 e. The average Bonchev–Trinajstić information content (AvgIpc) is 2.92. The Morgan fingerprint density at radius 1 is 1.07 bits per heavy atom. The zero-order valence-corrected chi connectivity index (χ0v) is 17.1. The molecule has 2 aromatic rings. The van der Waals surface area contributed by atoms with Gasteiger partial charge in [0.2, 0.25) is 0 Å². The van der Waals surface area contributed by atoms with E-state index in [2.05, 4.69) is 0 Å². The third kappa shape index (κ3) is 3.24. The summed E-state index contributed by atoms with van der Waals surface area (Å²) in [7, 11) is 1.50. The van der Waals surface area contributed by atoms with Gasteiger partial charge in [-0.05, 0) is 37.5 Å². The number of rotatable bonds is 3. The standard InChI is InChI=1S/C23H24FN3O3/c1-16-8-9-19(24)18(14-16)20(28)26-12-10-23(11-13-26)21(29)25(2)22(30)27(23)15-17-6-4-3-5-7-17/h3-9,14H,10-13,15H2,1-2H3. The quantitative estimate of drug-likeness (QED) is 0.732. The Morgan fingerprint density at radius 3 is 2.40 bits per heavy atom. The zero-order valence-electron chi connectivity index (χ0n) is 17.1. The molecule has 6 nitrogen and oxygen atoms in total. The van der Waals surface area contributed by atoms with E-state index >= 15 is 0 Å². The molecule has 0 N–H and O–H groups in total. The fourth-order valence-corrected chi connectivity index (χ4v) is 4.40. The molecule has 0 saturated carbocycles. The molecule has 4 amide bonds. The number of benzene rings is 2. The normalized spacial score (nSPS) is 18.4. The molecule has 30 heavy (non-hydrogen) atoms. The molecule has 4 rings (SSSR count). The largest absolute Gasteiger partial charge is 0.338 e. The van der Waals surface area contributed by atoms with E-state index in [1.165, 1.54) is 18.0 Å². The summed E-state index contributed by atoms with van der Waals surface area (Å²) >= 11 is 0. The third-order valence-electron chi connectivity index (χ3n) is 6.15. The predicted molar refractivity (Wildman–Crippen MR) is 109 cm³/mol. The maximum absolute atomic E-state index is 14.2. The van der Waals surface area contributed by atoms with Crippen LogP contribution in [0.5, 0.6) is 0 Å². The molecule has 2 aromatic carbocycles. The Hall–Kier alpha value is -3.22. The highest BCUT2D eigenvalue weighted by atomic mass is 19.1. The third-order valence-corrected chi connectivity index (χ3v) is 6.15. The Morgan fingerprint density at radius 2 is 1.73 bits per heavy atom. The first-order valence-electron chi connectivity index (χ1n) is 10.0. The highest BCUT2D eigenvalue weighted by Crippen LogP contribution is 2.38. The highest BCUT2D eigenvalue weighted by molar-refractivity contribution is 6.07. The summed E-state index contributed by atoms with van der Waals surface area (Å²) in [5, 5.41) is 0. The fourth-order valence-electron chi connectivity index (χ4n) is 4.40. The number of carbonyl (C=O) groups excluding carboxylic acids is 3. The Kier molecular flexibility index (Phi) is 5.05. The van der Waals surface area contributed by atoms with Gasteiger partial charge in [0.25, 0.3) is 11.8 Å². The molecule has 2 heterocycles. The summed E-state index contributed by atoms with van der Waals surface area (Å²) in [5.41, 5.74) is 0.816. The van der Waals surface area contributed by atoms with Crippen LogP contribution in [0.25, 0.3) is 0 Å². The first-order valence-corrected chi connectivity index (χ1v) is 10.0. The fraction of sp³-hybridized carbons (Fsp3) is 0.348. The number of imide groups is 1.